The molecule has 2 unspecified atom stereocenters. The molecule has 1 aliphatic carbocycles. The fourth-order valence-electron chi connectivity index (χ4n) is 3.73. The summed E-state index contributed by atoms with van der Waals surface area (Å²) in [6.07, 6.45) is 11.2. The predicted molar refractivity (Wildman–Crippen MR) is 90.5 cm³/mol. The molecular weight excluding hydrogens is 256 g/mol. The Balaban J connectivity index is 1.99. The van der Waals surface area contributed by atoms with Crippen molar-refractivity contribution in [2.45, 2.75) is 83.7 Å². The minimum Gasteiger partial charge on any atom is -0.388 e. The molecule has 1 aromatic carbocycles. The van der Waals surface area contributed by atoms with E-state index in [1.807, 2.05) is 0 Å². The number of benzene rings is 1. The third kappa shape index (κ3) is 4.57. The summed E-state index contributed by atoms with van der Waals surface area (Å²) in [7, 11) is 0. The Hall–Kier alpha value is -0.820. The molecule has 1 aliphatic rings. The van der Waals surface area contributed by atoms with E-state index in [9.17, 15) is 5.11 Å². The van der Waals surface area contributed by atoms with Gasteiger partial charge < -0.3 is 5.11 Å². The highest BCUT2D eigenvalue weighted by Gasteiger charge is 2.20. The zero-order valence-corrected chi connectivity index (χ0v) is 13.9. The molecule has 1 N–H and O–H groups in total. The van der Waals surface area contributed by atoms with E-state index < -0.39 is 0 Å². The van der Waals surface area contributed by atoms with E-state index in [1.54, 1.807) is 0 Å². The molecule has 0 radical (unpaired) electrons. The van der Waals surface area contributed by atoms with Crippen LogP contribution in [0.3, 0.4) is 0 Å². The highest BCUT2D eigenvalue weighted by atomic mass is 16.3. The number of aliphatic hydroxyl groups is 1. The first-order valence-corrected chi connectivity index (χ1v) is 9.04. The SMILES string of the molecule is CCCCC(CC)C(O)c1ccc(C2CCCCC2)cc1. The monoisotopic (exact) mass is 288 g/mol. The van der Waals surface area contributed by atoms with E-state index in [4.69, 9.17) is 0 Å². The average Bonchev–Trinajstić information content (AvgIpc) is 2.56. The average molecular weight is 288 g/mol. The lowest BCUT2D eigenvalue weighted by atomic mass is 9.83. The Morgan fingerprint density at radius 2 is 1.71 bits per heavy atom. The van der Waals surface area contributed by atoms with Gasteiger partial charge in [-0.1, -0.05) is 76.6 Å². The van der Waals surface area contributed by atoms with Crippen LogP contribution in [0.1, 0.15) is 94.8 Å². The van der Waals surface area contributed by atoms with Crippen molar-refractivity contribution in [3.05, 3.63) is 35.4 Å². The number of hydrogen-bond acceptors (Lipinski definition) is 1. The van der Waals surface area contributed by atoms with Gasteiger partial charge in [0.25, 0.3) is 0 Å². The van der Waals surface area contributed by atoms with Crippen molar-refractivity contribution < 1.29 is 5.11 Å². The van der Waals surface area contributed by atoms with Gasteiger partial charge in [-0.2, -0.15) is 0 Å². The highest BCUT2D eigenvalue weighted by Crippen LogP contribution is 2.34. The van der Waals surface area contributed by atoms with E-state index >= 15 is 0 Å². The van der Waals surface area contributed by atoms with Crippen LogP contribution in [0.5, 0.6) is 0 Å². The standard InChI is InChI=1S/C20H32O/c1-3-5-9-16(4-2)20(21)19-14-12-18(13-15-19)17-10-7-6-8-11-17/h12-17,20-21H,3-11H2,1-2H3. The maximum atomic E-state index is 10.6. The summed E-state index contributed by atoms with van der Waals surface area (Å²) >= 11 is 0. The van der Waals surface area contributed by atoms with Crippen LogP contribution in [-0.4, -0.2) is 5.11 Å². The van der Waals surface area contributed by atoms with Crippen molar-refractivity contribution in [1.82, 2.24) is 0 Å². The normalized spacial score (nSPS) is 19.4. The Morgan fingerprint density at radius 1 is 1.05 bits per heavy atom. The molecular formula is C20H32O. The first-order valence-electron chi connectivity index (χ1n) is 9.04. The van der Waals surface area contributed by atoms with Gasteiger partial charge in [0, 0.05) is 0 Å². The van der Waals surface area contributed by atoms with E-state index in [-0.39, 0.29) is 6.10 Å². The summed E-state index contributed by atoms with van der Waals surface area (Å²) in [6, 6.07) is 8.87. The summed E-state index contributed by atoms with van der Waals surface area (Å²) < 4.78 is 0. The van der Waals surface area contributed by atoms with Crippen LogP contribution in [-0.2, 0) is 0 Å². The van der Waals surface area contributed by atoms with Crippen molar-refractivity contribution in [3.8, 4) is 0 Å². The van der Waals surface area contributed by atoms with E-state index in [1.165, 1.54) is 50.5 Å². The van der Waals surface area contributed by atoms with Gasteiger partial charge in [0.15, 0.2) is 0 Å². The third-order valence-corrected chi connectivity index (χ3v) is 5.25. The second kappa shape index (κ2) is 8.58. The number of aliphatic hydroxyl groups excluding tert-OH is 1. The lowest BCUT2D eigenvalue weighted by molar-refractivity contribution is 0.0989. The fraction of sp³-hybridized carbons (Fsp3) is 0.700. The molecule has 21 heavy (non-hydrogen) atoms. The molecule has 0 bridgehead atoms. The van der Waals surface area contributed by atoms with Gasteiger partial charge in [-0.25, -0.2) is 0 Å². The van der Waals surface area contributed by atoms with Gasteiger partial charge in [-0.3, -0.25) is 0 Å². The molecule has 1 heteroatoms. The number of rotatable bonds is 7. The van der Waals surface area contributed by atoms with Crippen molar-refractivity contribution in [3.63, 3.8) is 0 Å². The van der Waals surface area contributed by atoms with E-state index in [0.29, 0.717) is 5.92 Å². The molecule has 1 aromatic rings. The Kier molecular flexibility index (Phi) is 6.76. The zero-order chi connectivity index (χ0) is 15.1. The molecule has 0 heterocycles. The number of hydrogen-bond donors (Lipinski definition) is 1. The summed E-state index contributed by atoms with van der Waals surface area (Å²) in [5, 5.41) is 10.6. The maximum Gasteiger partial charge on any atom is 0.0818 e. The van der Waals surface area contributed by atoms with Crippen LogP contribution in [0.4, 0.5) is 0 Å². The van der Waals surface area contributed by atoms with Crippen molar-refractivity contribution in [2.24, 2.45) is 5.92 Å². The molecule has 0 saturated heterocycles. The van der Waals surface area contributed by atoms with Crippen LogP contribution >= 0.6 is 0 Å². The quantitative estimate of drug-likeness (QED) is 0.654. The smallest absolute Gasteiger partial charge is 0.0818 e. The van der Waals surface area contributed by atoms with Crippen LogP contribution in [0.25, 0.3) is 0 Å². The third-order valence-electron chi connectivity index (χ3n) is 5.25. The lowest BCUT2D eigenvalue weighted by Gasteiger charge is -2.24. The second-order valence-electron chi connectivity index (χ2n) is 6.76. The molecule has 1 fully saturated rings. The molecule has 1 nitrogen and oxygen atoms in total. The van der Waals surface area contributed by atoms with Gasteiger partial charge in [0.05, 0.1) is 6.10 Å². The minimum atomic E-state index is -0.290. The molecule has 0 aromatic heterocycles. The van der Waals surface area contributed by atoms with Crippen LogP contribution in [0.15, 0.2) is 24.3 Å². The van der Waals surface area contributed by atoms with Crippen molar-refractivity contribution in [2.75, 3.05) is 0 Å². The van der Waals surface area contributed by atoms with Gasteiger partial charge >= 0.3 is 0 Å². The first kappa shape index (κ1) is 16.5. The molecule has 0 spiro atoms. The Labute approximate surface area is 130 Å². The van der Waals surface area contributed by atoms with Gasteiger partial charge in [0.1, 0.15) is 0 Å². The number of unbranched alkanes of at least 4 members (excludes halogenated alkanes) is 1. The lowest BCUT2D eigenvalue weighted by Crippen LogP contribution is -2.12. The summed E-state index contributed by atoms with van der Waals surface area (Å²) in [5.74, 6) is 1.16. The summed E-state index contributed by atoms with van der Waals surface area (Å²) in [4.78, 5) is 0. The second-order valence-corrected chi connectivity index (χ2v) is 6.76. The summed E-state index contributed by atoms with van der Waals surface area (Å²) in [5.41, 5.74) is 2.59. The zero-order valence-electron chi connectivity index (χ0n) is 13.9. The summed E-state index contributed by atoms with van der Waals surface area (Å²) in [6.45, 7) is 4.41. The van der Waals surface area contributed by atoms with Gasteiger partial charge in [-0.15, -0.1) is 0 Å². The molecule has 2 rings (SSSR count). The fourth-order valence-corrected chi connectivity index (χ4v) is 3.73. The van der Waals surface area contributed by atoms with Crippen LogP contribution in [0, 0.1) is 5.92 Å². The predicted octanol–water partition coefficient (Wildman–Crippen LogP) is 5.98. The van der Waals surface area contributed by atoms with Crippen LogP contribution < -0.4 is 0 Å². The van der Waals surface area contributed by atoms with Crippen molar-refractivity contribution >= 4 is 0 Å². The molecule has 0 aliphatic heterocycles. The molecule has 0 amide bonds. The minimum absolute atomic E-state index is 0.290. The highest BCUT2D eigenvalue weighted by molar-refractivity contribution is 5.27. The topological polar surface area (TPSA) is 20.2 Å². The molecule has 2 atom stereocenters. The van der Waals surface area contributed by atoms with Crippen LogP contribution in [0.2, 0.25) is 0 Å². The Morgan fingerprint density at radius 3 is 2.29 bits per heavy atom. The largest absolute Gasteiger partial charge is 0.388 e. The van der Waals surface area contributed by atoms with Gasteiger partial charge in [0.2, 0.25) is 0 Å². The maximum absolute atomic E-state index is 10.6. The molecule has 1 saturated carbocycles. The van der Waals surface area contributed by atoms with Gasteiger partial charge in [-0.05, 0) is 42.2 Å². The first-order chi connectivity index (χ1) is 10.3. The molecule has 118 valence electrons. The van der Waals surface area contributed by atoms with E-state index in [0.717, 1.165) is 24.3 Å². The van der Waals surface area contributed by atoms with Crippen molar-refractivity contribution in [1.29, 1.82) is 0 Å². The Bertz CT molecular complexity index is 389. The van der Waals surface area contributed by atoms with E-state index in [2.05, 4.69) is 38.1 Å².